The maximum Gasteiger partial charge on any atom is 0.177 e. The van der Waals surface area contributed by atoms with E-state index in [0.29, 0.717) is 28.7 Å². The number of benzene rings is 1. The van der Waals surface area contributed by atoms with Gasteiger partial charge in [-0.05, 0) is 44.1 Å². The molecule has 1 aromatic carbocycles. The highest BCUT2D eigenvalue weighted by Crippen LogP contribution is 2.25. The van der Waals surface area contributed by atoms with E-state index in [4.69, 9.17) is 0 Å². The normalized spacial score (nSPS) is 13.8. The van der Waals surface area contributed by atoms with Gasteiger partial charge in [-0.25, -0.2) is 4.98 Å². The summed E-state index contributed by atoms with van der Waals surface area (Å²) < 4.78 is 5.37. The Balaban J connectivity index is 1.26. The van der Waals surface area contributed by atoms with Gasteiger partial charge in [0.1, 0.15) is 35.9 Å². The fourth-order valence-corrected chi connectivity index (χ4v) is 4.36. The molecule has 1 fully saturated rings. The Bertz CT molecular complexity index is 1520. The third-order valence-corrected chi connectivity index (χ3v) is 6.17. The molecule has 1 aliphatic rings. The lowest BCUT2D eigenvalue weighted by atomic mass is 10.2. The number of nitrogens with one attached hydrogen (secondary N) is 2. The summed E-state index contributed by atoms with van der Waals surface area (Å²) in [5.74, 6) is 1.90. The van der Waals surface area contributed by atoms with Crippen molar-refractivity contribution in [3.63, 3.8) is 0 Å². The average Bonchev–Trinajstić information content (AvgIpc) is 3.71. The first-order valence-corrected chi connectivity index (χ1v) is 11.8. The highest BCUT2D eigenvalue weighted by atomic mass is 15.4. The van der Waals surface area contributed by atoms with Gasteiger partial charge in [-0.15, -0.1) is 10.2 Å². The van der Waals surface area contributed by atoms with Crippen LogP contribution in [0.2, 0.25) is 0 Å². The van der Waals surface area contributed by atoms with Crippen molar-refractivity contribution in [3.05, 3.63) is 67.0 Å². The predicted molar refractivity (Wildman–Crippen MR) is 134 cm³/mol. The maximum absolute atomic E-state index is 9.56. The Morgan fingerprint density at radius 1 is 0.972 bits per heavy atom. The molecule has 2 N–H and O–H groups in total. The van der Waals surface area contributed by atoms with Gasteiger partial charge in [-0.2, -0.15) is 20.0 Å². The van der Waals surface area contributed by atoms with Crippen molar-refractivity contribution in [2.24, 2.45) is 0 Å². The van der Waals surface area contributed by atoms with E-state index in [1.165, 1.54) is 32.1 Å². The van der Waals surface area contributed by atoms with E-state index in [2.05, 4.69) is 47.0 Å². The lowest BCUT2D eigenvalue weighted by Gasteiger charge is -2.14. The Kier molecular flexibility index (Phi) is 5.72. The zero-order valence-electron chi connectivity index (χ0n) is 19.5. The van der Waals surface area contributed by atoms with Gasteiger partial charge >= 0.3 is 0 Å². The van der Waals surface area contributed by atoms with E-state index >= 15 is 0 Å². The molecule has 180 valence electrons. The number of fused-ring (bicyclic) bond motifs is 1. The topological polar surface area (TPSA) is 130 Å². The zero-order chi connectivity index (χ0) is 24.3. The molecule has 0 aliphatic carbocycles. The Hall–Kier alpha value is -4.76. The third-order valence-electron chi connectivity index (χ3n) is 6.17. The predicted octanol–water partition coefficient (Wildman–Crippen LogP) is 2.96. The van der Waals surface area contributed by atoms with Gasteiger partial charge in [0.25, 0.3) is 0 Å². The van der Waals surface area contributed by atoms with Gasteiger partial charge in [-0.3, -0.25) is 9.25 Å². The molecule has 6 rings (SSSR count). The molecule has 0 unspecified atom stereocenters. The summed E-state index contributed by atoms with van der Waals surface area (Å²) in [5, 5.41) is 33.0. The van der Waals surface area contributed by atoms with Gasteiger partial charge in [-0.1, -0.05) is 6.07 Å². The molecule has 1 aliphatic heterocycles. The van der Waals surface area contributed by atoms with E-state index in [1.807, 2.05) is 51.8 Å². The third kappa shape index (κ3) is 4.47. The molecule has 1 saturated heterocycles. The van der Waals surface area contributed by atoms with Crippen molar-refractivity contribution in [1.29, 1.82) is 5.26 Å². The molecule has 12 heteroatoms. The van der Waals surface area contributed by atoms with E-state index in [1.54, 1.807) is 17.2 Å². The van der Waals surface area contributed by atoms with Crippen LogP contribution in [0.25, 0.3) is 11.3 Å². The summed E-state index contributed by atoms with van der Waals surface area (Å²) in [4.78, 5) is 7.10. The second kappa shape index (κ2) is 9.47. The molecule has 0 radical (unpaired) electrons. The number of aromatic nitrogens is 8. The summed E-state index contributed by atoms with van der Waals surface area (Å²) >= 11 is 0. The van der Waals surface area contributed by atoms with Crippen molar-refractivity contribution < 1.29 is 0 Å². The minimum absolute atomic E-state index is 0.385. The van der Waals surface area contributed by atoms with Crippen LogP contribution in [0.4, 0.5) is 23.1 Å². The Morgan fingerprint density at radius 3 is 2.67 bits per heavy atom. The number of likely N-dealkylation sites (tertiary alicyclic amines) is 1. The second-order valence-electron chi connectivity index (χ2n) is 8.61. The Labute approximate surface area is 206 Å². The van der Waals surface area contributed by atoms with E-state index in [-0.39, 0.29) is 0 Å². The van der Waals surface area contributed by atoms with Gasteiger partial charge in [0.15, 0.2) is 11.5 Å². The SMILES string of the molecule is N#Cc1cnn2c(Nc3ccn(CCN4CCCC4)n3)cc(Nc3cccc(-n4cnnc4)c3)nc12. The monoisotopic (exact) mass is 480 g/mol. The summed E-state index contributed by atoms with van der Waals surface area (Å²) in [6.07, 6.45) is 9.32. The van der Waals surface area contributed by atoms with Crippen molar-refractivity contribution in [3.8, 4) is 11.8 Å². The van der Waals surface area contributed by atoms with Crippen LogP contribution in [0, 0.1) is 11.3 Å². The van der Waals surface area contributed by atoms with Crippen LogP contribution >= 0.6 is 0 Å². The zero-order valence-corrected chi connectivity index (χ0v) is 19.5. The van der Waals surface area contributed by atoms with Crippen molar-refractivity contribution in [2.75, 3.05) is 30.3 Å². The molecule has 5 heterocycles. The smallest absolute Gasteiger partial charge is 0.177 e. The number of nitrogens with zero attached hydrogens (tertiary/aromatic N) is 10. The van der Waals surface area contributed by atoms with Crippen LogP contribution in [0.5, 0.6) is 0 Å². The standard InChI is InChI=1S/C24H24N12/c25-14-18-15-28-36-23(30-21-6-9-35(32-21)11-10-33-7-1-2-8-33)13-22(31-24(18)36)29-19-4-3-5-20(12-19)34-16-26-27-17-34/h3-6,9,12-13,15-17H,1-2,7-8,10-11H2,(H,29,31)(H,30,32). The lowest BCUT2D eigenvalue weighted by molar-refractivity contribution is 0.316. The fraction of sp³-hybridized carbons (Fsp3) is 0.250. The van der Waals surface area contributed by atoms with E-state index in [9.17, 15) is 5.26 Å². The largest absolute Gasteiger partial charge is 0.340 e. The summed E-state index contributed by atoms with van der Waals surface area (Å²) in [6, 6.07) is 13.7. The molecule has 12 nitrogen and oxygen atoms in total. The maximum atomic E-state index is 9.56. The number of nitriles is 1. The quantitative estimate of drug-likeness (QED) is 0.344. The highest BCUT2D eigenvalue weighted by molar-refractivity contribution is 5.69. The molecule has 0 saturated carbocycles. The summed E-state index contributed by atoms with van der Waals surface area (Å²) in [6.45, 7) is 4.16. The van der Waals surface area contributed by atoms with Crippen LogP contribution in [0.1, 0.15) is 18.4 Å². The second-order valence-corrected chi connectivity index (χ2v) is 8.61. The Morgan fingerprint density at radius 2 is 1.83 bits per heavy atom. The van der Waals surface area contributed by atoms with E-state index in [0.717, 1.165) is 24.5 Å². The molecule has 0 spiro atoms. The first-order chi connectivity index (χ1) is 17.7. The van der Waals surface area contributed by atoms with Gasteiger partial charge in [0, 0.05) is 30.6 Å². The molecule has 5 aromatic rings. The van der Waals surface area contributed by atoms with Gasteiger partial charge in [0.2, 0.25) is 0 Å². The molecule has 36 heavy (non-hydrogen) atoms. The first kappa shape index (κ1) is 21.8. The number of rotatable bonds is 8. The lowest BCUT2D eigenvalue weighted by Crippen LogP contribution is -2.24. The molecule has 4 aromatic heterocycles. The van der Waals surface area contributed by atoms with Gasteiger partial charge < -0.3 is 15.5 Å². The van der Waals surface area contributed by atoms with Crippen LogP contribution in [-0.4, -0.2) is 63.7 Å². The van der Waals surface area contributed by atoms with Crippen molar-refractivity contribution >= 4 is 28.8 Å². The highest BCUT2D eigenvalue weighted by Gasteiger charge is 2.14. The summed E-state index contributed by atoms with van der Waals surface area (Å²) in [7, 11) is 0. The van der Waals surface area contributed by atoms with Crippen LogP contribution < -0.4 is 10.6 Å². The minimum atomic E-state index is 0.385. The van der Waals surface area contributed by atoms with Crippen LogP contribution in [0.15, 0.2) is 61.4 Å². The van der Waals surface area contributed by atoms with E-state index < -0.39 is 0 Å². The fourth-order valence-electron chi connectivity index (χ4n) is 4.36. The number of hydrogen-bond donors (Lipinski definition) is 2. The van der Waals surface area contributed by atoms with Gasteiger partial charge in [0.05, 0.1) is 18.4 Å². The number of anilines is 4. The molecular formula is C24H24N12. The number of hydrogen-bond acceptors (Lipinski definition) is 9. The molecular weight excluding hydrogens is 456 g/mol. The first-order valence-electron chi connectivity index (χ1n) is 11.8. The molecule has 0 amide bonds. The van der Waals surface area contributed by atoms with Crippen LogP contribution in [-0.2, 0) is 6.54 Å². The van der Waals surface area contributed by atoms with Crippen molar-refractivity contribution in [2.45, 2.75) is 19.4 Å². The van der Waals surface area contributed by atoms with Crippen molar-refractivity contribution in [1.82, 2.24) is 44.0 Å². The minimum Gasteiger partial charge on any atom is -0.340 e. The van der Waals surface area contributed by atoms with Crippen LogP contribution in [0.3, 0.4) is 0 Å². The molecule has 0 bridgehead atoms. The summed E-state index contributed by atoms with van der Waals surface area (Å²) in [5.41, 5.74) is 2.57. The molecule has 0 atom stereocenters. The average molecular weight is 481 g/mol.